The molecule has 0 unspecified atom stereocenters. The van der Waals surface area contributed by atoms with Crippen molar-refractivity contribution in [3.63, 3.8) is 0 Å². The Morgan fingerprint density at radius 2 is 1.69 bits per heavy atom. The average molecular weight is 442 g/mol. The van der Waals surface area contributed by atoms with E-state index in [1.54, 1.807) is 23.0 Å². The van der Waals surface area contributed by atoms with Gasteiger partial charge in [0.2, 0.25) is 5.95 Å². The highest BCUT2D eigenvalue weighted by molar-refractivity contribution is 6.30. The van der Waals surface area contributed by atoms with Gasteiger partial charge in [-0.05, 0) is 36.4 Å². The number of nitrogen functional groups attached to an aromatic ring is 1. The lowest BCUT2D eigenvalue weighted by Crippen LogP contribution is -2.09. The fraction of sp³-hybridized carbons (Fsp3) is 0.0833. The quantitative estimate of drug-likeness (QED) is 0.394. The second-order valence-corrected chi connectivity index (χ2v) is 7.67. The lowest BCUT2D eigenvalue weighted by atomic mass is 10.1. The topological polar surface area (TPSA) is 94.5 Å². The van der Waals surface area contributed by atoms with Crippen LogP contribution in [0.1, 0.15) is 5.69 Å². The molecule has 0 bridgehead atoms. The maximum atomic E-state index is 6.53. The van der Waals surface area contributed by atoms with Crippen LogP contribution in [0.4, 0.5) is 11.8 Å². The zero-order valence-electron chi connectivity index (χ0n) is 17.1. The van der Waals surface area contributed by atoms with Crippen molar-refractivity contribution in [2.75, 3.05) is 17.6 Å². The summed E-state index contributed by atoms with van der Waals surface area (Å²) in [7, 11) is 0. The van der Waals surface area contributed by atoms with Crippen LogP contribution in [0, 0.1) is 0 Å². The fourth-order valence-electron chi connectivity index (χ4n) is 3.52. The number of hydrogen-bond acceptors (Lipinski definition) is 6. The van der Waals surface area contributed by atoms with Crippen LogP contribution < -0.4 is 11.1 Å². The van der Waals surface area contributed by atoms with Crippen molar-refractivity contribution in [1.82, 2.24) is 24.7 Å². The molecule has 0 spiro atoms. The van der Waals surface area contributed by atoms with Crippen molar-refractivity contribution >= 4 is 34.4 Å². The molecule has 158 valence electrons. The van der Waals surface area contributed by atoms with Gasteiger partial charge in [0.25, 0.3) is 0 Å². The van der Waals surface area contributed by atoms with Gasteiger partial charge in [0.05, 0.1) is 16.8 Å². The second kappa shape index (κ2) is 8.64. The lowest BCUT2D eigenvalue weighted by Gasteiger charge is -2.08. The van der Waals surface area contributed by atoms with Gasteiger partial charge in [0.1, 0.15) is 5.82 Å². The highest BCUT2D eigenvalue weighted by atomic mass is 35.5. The summed E-state index contributed by atoms with van der Waals surface area (Å²) in [6.45, 7) is 0.643. The minimum atomic E-state index is 0.473. The number of anilines is 2. The first-order valence-corrected chi connectivity index (χ1v) is 10.6. The molecule has 5 rings (SSSR count). The molecule has 5 aromatic rings. The largest absolute Gasteiger partial charge is 0.383 e. The molecule has 0 radical (unpaired) electrons. The molecule has 7 nitrogen and oxygen atoms in total. The molecule has 0 aliphatic rings. The molecule has 8 heteroatoms. The zero-order valence-corrected chi connectivity index (χ0v) is 17.9. The Bertz CT molecular complexity index is 1350. The van der Waals surface area contributed by atoms with Gasteiger partial charge in [0.15, 0.2) is 5.65 Å². The Kier molecular flexibility index (Phi) is 5.39. The van der Waals surface area contributed by atoms with E-state index >= 15 is 0 Å². The number of hydrogen-bond donors (Lipinski definition) is 2. The van der Waals surface area contributed by atoms with Crippen LogP contribution in [0.25, 0.3) is 28.0 Å². The Labute approximate surface area is 189 Å². The molecule has 0 saturated carbocycles. The van der Waals surface area contributed by atoms with Crippen molar-refractivity contribution in [2.45, 2.75) is 6.42 Å². The van der Waals surface area contributed by atoms with E-state index in [4.69, 9.17) is 22.3 Å². The molecule has 2 aromatic carbocycles. The Morgan fingerprint density at radius 3 is 2.44 bits per heavy atom. The van der Waals surface area contributed by atoms with Crippen molar-refractivity contribution in [3.05, 3.63) is 89.7 Å². The zero-order chi connectivity index (χ0) is 21.9. The number of nitrogens with two attached hydrogens (primary N) is 1. The molecular formula is C24H20ClN7. The molecule has 3 heterocycles. The summed E-state index contributed by atoms with van der Waals surface area (Å²) < 4.78 is 1.67. The highest BCUT2D eigenvalue weighted by Crippen LogP contribution is 2.32. The van der Waals surface area contributed by atoms with Crippen molar-refractivity contribution in [2.24, 2.45) is 0 Å². The van der Waals surface area contributed by atoms with Crippen LogP contribution in [0.5, 0.6) is 0 Å². The van der Waals surface area contributed by atoms with E-state index in [0.29, 0.717) is 34.4 Å². The smallest absolute Gasteiger partial charge is 0.225 e. The summed E-state index contributed by atoms with van der Waals surface area (Å²) in [6.07, 6.45) is 2.54. The van der Waals surface area contributed by atoms with Gasteiger partial charge in [-0.2, -0.15) is 4.98 Å². The van der Waals surface area contributed by atoms with Crippen molar-refractivity contribution in [3.8, 4) is 16.9 Å². The minimum absolute atomic E-state index is 0.473. The van der Waals surface area contributed by atoms with Gasteiger partial charge >= 0.3 is 0 Å². The number of benzene rings is 2. The van der Waals surface area contributed by atoms with Crippen LogP contribution >= 0.6 is 11.6 Å². The molecule has 0 saturated heterocycles. The molecule has 0 aliphatic heterocycles. The predicted molar refractivity (Wildman–Crippen MR) is 128 cm³/mol. The number of nitrogens with one attached hydrogen (secondary N) is 1. The summed E-state index contributed by atoms with van der Waals surface area (Å²) in [5.41, 5.74) is 10.5. The monoisotopic (exact) mass is 441 g/mol. The SMILES string of the molecule is Nc1c2c(-c3ccccc3)nc(NCCc3ccccn3)nc2nn1-c1ccc(Cl)cc1. The summed E-state index contributed by atoms with van der Waals surface area (Å²) >= 11 is 6.04. The summed E-state index contributed by atoms with van der Waals surface area (Å²) in [4.78, 5) is 13.8. The van der Waals surface area contributed by atoms with Crippen LogP contribution in [0.2, 0.25) is 5.02 Å². The molecular weight excluding hydrogens is 422 g/mol. The number of fused-ring (bicyclic) bond motifs is 1. The number of rotatable bonds is 6. The maximum Gasteiger partial charge on any atom is 0.225 e. The van der Waals surface area contributed by atoms with Gasteiger partial charge in [-0.3, -0.25) is 4.98 Å². The van der Waals surface area contributed by atoms with Gasteiger partial charge in [-0.25, -0.2) is 9.67 Å². The van der Waals surface area contributed by atoms with E-state index < -0.39 is 0 Å². The first kappa shape index (κ1) is 20.0. The first-order valence-electron chi connectivity index (χ1n) is 10.2. The third-order valence-corrected chi connectivity index (χ3v) is 5.33. The highest BCUT2D eigenvalue weighted by Gasteiger charge is 2.19. The number of aromatic nitrogens is 5. The maximum absolute atomic E-state index is 6.53. The van der Waals surface area contributed by atoms with Crippen LogP contribution in [-0.4, -0.2) is 31.3 Å². The summed E-state index contributed by atoms with van der Waals surface area (Å²) in [5, 5.41) is 9.33. The van der Waals surface area contributed by atoms with Gasteiger partial charge < -0.3 is 11.1 Å². The first-order chi connectivity index (χ1) is 15.7. The molecule has 3 N–H and O–H groups in total. The van der Waals surface area contributed by atoms with Crippen LogP contribution in [0.3, 0.4) is 0 Å². The van der Waals surface area contributed by atoms with Crippen molar-refractivity contribution < 1.29 is 0 Å². The molecule has 0 atom stereocenters. The molecule has 32 heavy (non-hydrogen) atoms. The van der Waals surface area contributed by atoms with Gasteiger partial charge in [-0.15, -0.1) is 5.10 Å². The van der Waals surface area contributed by atoms with E-state index in [2.05, 4.69) is 20.4 Å². The molecule has 0 amide bonds. The fourth-order valence-corrected chi connectivity index (χ4v) is 3.65. The summed E-state index contributed by atoms with van der Waals surface area (Å²) in [5.74, 6) is 0.967. The van der Waals surface area contributed by atoms with Crippen molar-refractivity contribution in [1.29, 1.82) is 0 Å². The number of pyridine rings is 1. The van der Waals surface area contributed by atoms with Crippen LogP contribution in [0.15, 0.2) is 79.0 Å². The lowest BCUT2D eigenvalue weighted by molar-refractivity contribution is 0.897. The van der Waals surface area contributed by atoms with Crippen LogP contribution in [-0.2, 0) is 6.42 Å². The molecule has 0 fully saturated rings. The normalized spacial score (nSPS) is 11.0. The Morgan fingerprint density at radius 1 is 0.906 bits per heavy atom. The van der Waals surface area contributed by atoms with Gasteiger partial charge in [-0.1, -0.05) is 48.0 Å². The Balaban J connectivity index is 1.56. The number of halogens is 1. The predicted octanol–water partition coefficient (Wildman–Crippen LogP) is 4.77. The van der Waals surface area contributed by atoms with E-state index in [-0.39, 0.29) is 0 Å². The third-order valence-electron chi connectivity index (χ3n) is 5.08. The average Bonchev–Trinajstić information content (AvgIpc) is 3.16. The standard InChI is InChI=1S/C24H20ClN7/c25-17-9-11-19(12-10-17)32-22(26)20-21(16-6-2-1-3-7-16)29-24(30-23(20)31-32)28-15-13-18-8-4-5-14-27-18/h1-12,14H,13,15,26H2,(H,28,30,31). The van der Waals surface area contributed by atoms with E-state index in [9.17, 15) is 0 Å². The van der Waals surface area contributed by atoms with E-state index in [0.717, 1.165) is 29.1 Å². The minimum Gasteiger partial charge on any atom is -0.383 e. The van der Waals surface area contributed by atoms with E-state index in [1.807, 2.05) is 60.7 Å². The number of nitrogens with zero attached hydrogens (tertiary/aromatic N) is 5. The summed E-state index contributed by atoms with van der Waals surface area (Å²) in [6, 6.07) is 23.1. The molecule has 0 aliphatic carbocycles. The van der Waals surface area contributed by atoms with Gasteiger partial charge in [0, 0.05) is 35.4 Å². The van der Waals surface area contributed by atoms with E-state index in [1.165, 1.54) is 0 Å². The Hall–Kier alpha value is -3.97. The molecule has 3 aromatic heterocycles. The third kappa shape index (κ3) is 3.98. The second-order valence-electron chi connectivity index (χ2n) is 7.23.